The molecule has 126 valence electrons. The van der Waals surface area contributed by atoms with Gasteiger partial charge in [-0.1, -0.05) is 18.2 Å². The fourth-order valence-electron chi connectivity index (χ4n) is 2.68. The minimum absolute atomic E-state index is 0.0267. The predicted octanol–water partition coefficient (Wildman–Crippen LogP) is 2.24. The summed E-state index contributed by atoms with van der Waals surface area (Å²) >= 11 is 0. The molecule has 0 radical (unpaired) electrons. The van der Waals surface area contributed by atoms with Gasteiger partial charge >= 0.3 is 5.97 Å². The molecule has 1 saturated heterocycles. The Hall–Kier alpha value is -1.95. The van der Waals surface area contributed by atoms with Crippen LogP contribution in [0.4, 0.5) is 4.39 Å². The van der Waals surface area contributed by atoms with Crippen LogP contribution in [-0.4, -0.2) is 47.7 Å². The zero-order valence-electron chi connectivity index (χ0n) is 13.0. The Balaban J connectivity index is 1.91. The quantitative estimate of drug-likeness (QED) is 0.797. The van der Waals surface area contributed by atoms with Gasteiger partial charge in [-0.2, -0.15) is 0 Å². The number of hydrogen-bond donors (Lipinski definition) is 1. The standard InChI is InChI=1S/C17H22FNO4/c18-15-6-2-1-4-13(15)7-8-16(20)19(10-9-17(21)22)12-14-5-3-11-23-14/h1-2,4,6,14H,3,5,7-12H2,(H,21,22)/t14-/m1/s1. The summed E-state index contributed by atoms with van der Waals surface area (Å²) in [5.41, 5.74) is 0.496. The molecule has 23 heavy (non-hydrogen) atoms. The number of carboxylic acid groups (broad SMARTS) is 1. The van der Waals surface area contributed by atoms with E-state index in [0.717, 1.165) is 12.8 Å². The lowest BCUT2D eigenvalue weighted by atomic mass is 10.1. The number of halogens is 1. The maximum absolute atomic E-state index is 13.6. The molecule has 1 aliphatic rings. The van der Waals surface area contributed by atoms with E-state index < -0.39 is 5.97 Å². The van der Waals surface area contributed by atoms with E-state index in [1.54, 1.807) is 18.2 Å². The highest BCUT2D eigenvalue weighted by atomic mass is 19.1. The maximum atomic E-state index is 13.6. The number of benzene rings is 1. The highest BCUT2D eigenvalue weighted by Gasteiger charge is 2.23. The van der Waals surface area contributed by atoms with Crippen molar-refractivity contribution in [2.75, 3.05) is 19.7 Å². The number of carbonyl (C=O) groups is 2. The van der Waals surface area contributed by atoms with Gasteiger partial charge in [-0.25, -0.2) is 4.39 Å². The first kappa shape index (κ1) is 17.4. The van der Waals surface area contributed by atoms with E-state index in [0.29, 0.717) is 25.1 Å². The van der Waals surface area contributed by atoms with E-state index in [9.17, 15) is 14.0 Å². The van der Waals surface area contributed by atoms with Crippen molar-refractivity contribution in [3.8, 4) is 0 Å². The number of aryl methyl sites for hydroxylation is 1. The summed E-state index contributed by atoms with van der Waals surface area (Å²) in [6.07, 6.45) is 2.18. The van der Waals surface area contributed by atoms with Gasteiger partial charge in [-0.3, -0.25) is 9.59 Å². The maximum Gasteiger partial charge on any atom is 0.305 e. The van der Waals surface area contributed by atoms with Crippen LogP contribution in [0.5, 0.6) is 0 Å². The summed E-state index contributed by atoms with van der Waals surface area (Å²) in [4.78, 5) is 24.7. The third kappa shape index (κ3) is 5.63. The van der Waals surface area contributed by atoms with Gasteiger partial charge < -0.3 is 14.7 Å². The summed E-state index contributed by atoms with van der Waals surface area (Å²) < 4.78 is 19.1. The first-order chi connectivity index (χ1) is 11.1. The SMILES string of the molecule is O=C(O)CCN(C[C@H]1CCCO1)C(=O)CCc1ccccc1F. The predicted molar refractivity (Wildman–Crippen MR) is 82.5 cm³/mol. The zero-order valence-corrected chi connectivity index (χ0v) is 13.0. The van der Waals surface area contributed by atoms with E-state index >= 15 is 0 Å². The Kier molecular flexibility index (Phi) is 6.52. The average Bonchev–Trinajstić information content (AvgIpc) is 3.03. The van der Waals surface area contributed by atoms with Crippen molar-refractivity contribution >= 4 is 11.9 Å². The lowest BCUT2D eigenvalue weighted by molar-refractivity contribution is -0.139. The zero-order chi connectivity index (χ0) is 16.7. The number of hydrogen-bond acceptors (Lipinski definition) is 3. The summed E-state index contributed by atoms with van der Waals surface area (Å²) in [5, 5.41) is 8.83. The monoisotopic (exact) mass is 323 g/mol. The van der Waals surface area contributed by atoms with Crippen LogP contribution in [0.25, 0.3) is 0 Å². The van der Waals surface area contributed by atoms with Crippen molar-refractivity contribution in [3.05, 3.63) is 35.6 Å². The van der Waals surface area contributed by atoms with E-state index in [2.05, 4.69) is 0 Å². The molecule has 1 heterocycles. The number of amides is 1. The second-order valence-corrected chi connectivity index (χ2v) is 5.71. The van der Waals surface area contributed by atoms with Crippen LogP contribution in [-0.2, 0) is 20.7 Å². The van der Waals surface area contributed by atoms with Crippen molar-refractivity contribution in [2.24, 2.45) is 0 Å². The van der Waals surface area contributed by atoms with Crippen molar-refractivity contribution in [3.63, 3.8) is 0 Å². The largest absolute Gasteiger partial charge is 0.481 e. The molecule has 0 aliphatic carbocycles. The Bertz CT molecular complexity index is 543. The Labute approximate surface area is 135 Å². The fourth-order valence-corrected chi connectivity index (χ4v) is 2.68. The lowest BCUT2D eigenvalue weighted by Gasteiger charge is -2.25. The van der Waals surface area contributed by atoms with Gasteiger partial charge in [0.15, 0.2) is 0 Å². The van der Waals surface area contributed by atoms with Gasteiger partial charge in [0, 0.05) is 26.1 Å². The smallest absolute Gasteiger partial charge is 0.305 e. The molecule has 5 nitrogen and oxygen atoms in total. The molecule has 6 heteroatoms. The molecule has 0 spiro atoms. The van der Waals surface area contributed by atoms with Crippen LogP contribution in [0, 0.1) is 5.82 Å². The molecule has 1 aromatic carbocycles. The van der Waals surface area contributed by atoms with Crippen molar-refractivity contribution in [2.45, 2.75) is 38.2 Å². The Morgan fingerprint density at radius 1 is 1.30 bits per heavy atom. The molecule has 1 amide bonds. The first-order valence-corrected chi connectivity index (χ1v) is 7.91. The molecule has 1 atom stereocenters. The highest BCUT2D eigenvalue weighted by Crippen LogP contribution is 2.15. The number of carboxylic acids is 1. The van der Waals surface area contributed by atoms with Gasteiger partial charge in [0.05, 0.1) is 12.5 Å². The number of aliphatic carboxylic acids is 1. The van der Waals surface area contributed by atoms with E-state index in [-0.39, 0.29) is 37.2 Å². The van der Waals surface area contributed by atoms with Crippen LogP contribution in [0.15, 0.2) is 24.3 Å². The van der Waals surface area contributed by atoms with Gasteiger partial charge in [-0.15, -0.1) is 0 Å². The molecule has 1 aromatic rings. The van der Waals surface area contributed by atoms with Crippen LogP contribution < -0.4 is 0 Å². The lowest BCUT2D eigenvalue weighted by Crippen LogP contribution is -2.38. The topological polar surface area (TPSA) is 66.8 Å². The number of carbonyl (C=O) groups excluding carboxylic acids is 1. The Morgan fingerprint density at radius 2 is 2.09 bits per heavy atom. The number of rotatable bonds is 8. The average molecular weight is 323 g/mol. The van der Waals surface area contributed by atoms with Crippen LogP contribution >= 0.6 is 0 Å². The summed E-state index contributed by atoms with van der Waals surface area (Å²) in [6.45, 7) is 1.25. The second-order valence-electron chi connectivity index (χ2n) is 5.71. The summed E-state index contributed by atoms with van der Waals surface area (Å²) in [5.74, 6) is -1.43. The molecule has 0 aromatic heterocycles. The van der Waals surface area contributed by atoms with Gasteiger partial charge in [0.2, 0.25) is 5.91 Å². The van der Waals surface area contributed by atoms with E-state index in [4.69, 9.17) is 9.84 Å². The third-order valence-corrected chi connectivity index (χ3v) is 3.96. The van der Waals surface area contributed by atoms with Crippen LogP contribution in [0.2, 0.25) is 0 Å². The number of ether oxygens (including phenoxy) is 1. The van der Waals surface area contributed by atoms with E-state index in [1.165, 1.54) is 11.0 Å². The Morgan fingerprint density at radius 3 is 2.74 bits per heavy atom. The molecule has 0 saturated carbocycles. The number of nitrogens with zero attached hydrogens (tertiary/aromatic N) is 1. The van der Waals surface area contributed by atoms with Crippen LogP contribution in [0.3, 0.4) is 0 Å². The molecule has 1 aliphatic heterocycles. The second kappa shape index (κ2) is 8.62. The van der Waals surface area contributed by atoms with Crippen LogP contribution in [0.1, 0.15) is 31.2 Å². The van der Waals surface area contributed by atoms with Gasteiger partial charge in [0.1, 0.15) is 5.82 Å². The molecule has 1 fully saturated rings. The summed E-state index contributed by atoms with van der Waals surface area (Å²) in [7, 11) is 0. The van der Waals surface area contributed by atoms with Crippen molar-refractivity contribution < 1.29 is 23.8 Å². The third-order valence-electron chi connectivity index (χ3n) is 3.96. The van der Waals surface area contributed by atoms with E-state index in [1.807, 2.05) is 0 Å². The molecule has 0 bridgehead atoms. The van der Waals surface area contributed by atoms with Crippen molar-refractivity contribution in [1.82, 2.24) is 4.90 Å². The van der Waals surface area contributed by atoms with Crippen molar-refractivity contribution in [1.29, 1.82) is 0 Å². The minimum atomic E-state index is -0.941. The summed E-state index contributed by atoms with van der Waals surface area (Å²) in [6, 6.07) is 6.37. The fraction of sp³-hybridized carbons (Fsp3) is 0.529. The molecular formula is C17H22FNO4. The first-order valence-electron chi connectivity index (χ1n) is 7.91. The molecule has 0 unspecified atom stereocenters. The minimum Gasteiger partial charge on any atom is -0.481 e. The van der Waals surface area contributed by atoms with Gasteiger partial charge in [-0.05, 0) is 30.9 Å². The normalized spacial score (nSPS) is 17.2. The highest BCUT2D eigenvalue weighted by molar-refractivity contribution is 5.77. The molecule has 2 rings (SSSR count). The van der Waals surface area contributed by atoms with Gasteiger partial charge in [0.25, 0.3) is 0 Å². The molecule has 1 N–H and O–H groups in total. The molecular weight excluding hydrogens is 301 g/mol.